The van der Waals surface area contributed by atoms with Gasteiger partial charge in [-0.2, -0.15) is 0 Å². The van der Waals surface area contributed by atoms with Gasteiger partial charge < -0.3 is 8.83 Å². The summed E-state index contributed by atoms with van der Waals surface area (Å²) in [6.45, 7) is 0. The van der Waals surface area contributed by atoms with Gasteiger partial charge >= 0.3 is 0 Å². The van der Waals surface area contributed by atoms with Crippen molar-refractivity contribution in [1.82, 2.24) is 15.0 Å². The fourth-order valence-corrected chi connectivity index (χ4v) is 6.67. The molecule has 7 aromatic carbocycles. The van der Waals surface area contributed by atoms with Gasteiger partial charge in [-0.15, -0.1) is 0 Å². The molecule has 234 valence electrons. The molecule has 0 aliphatic rings. The minimum atomic E-state index is -0.441. The monoisotopic (exact) mass is 646 g/mol. The van der Waals surface area contributed by atoms with Crippen LogP contribution >= 0.6 is 0 Å². The first-order valence-electron chi connectivity index (χ1n) is 18.7. The molecule has 0 unspecified atom stereocenters. The average Bonchev–Trinajstić information content (AvgIpc) is 3.81. The van der Waals surface area contributed by atoms with Crippen LogP contribution in [0.1, 0.15) is 6.85 Å². The SMILES string of the molecule is [2H]c1c([2H])c([2H])c(-c2cccc(-c3nc(-c4ccccc4)nc(-c4cccc5c4oc4cc(-c6cccc7c6oc6ccccc67)ccc45)n3)c2)c([2H])c1[2H]. The highest BCUT2D eigenvalue weighted by Gasteiger charge is 2.19. The maximum absolute atomic E-state index is 8.56. The van der Waals surface area contributed by atoms with Gasteiger partial charge in [0.15, 0.2) is 17.5 Å². The van der Waals surface area contributed by atoms with E-state index in [9.17, 15) is 0 Å². The molecule has 0 aliphatic carbocycles. The number of hydrogen-bond donors (Lipinski definition) is 0. The predicted molar refractivity (Wildman–Crippen MR) is 202 cm³/mol. The lowest BCUT2D eigenvalue weighted by atomic mass is 10.0. The number of nitrogens with zero attached hydrogens (tertiary/aromatic N) is 3. The van der Waals surface area contributed by atoms with E-state index in [4.69, 9.17) is 30.6 Å². The normalized spacial score (nSPS) is 13.0. The van der Waals surface area contributed by atoms with E-state index in [2.05, 4.69) is 30.3 Å². The first-order chi connectivity index (χ1) is 26.8. The first kappa shape index (κ1) is 23.5. The van der Waals surface area contributed by atoms with Crippen LogP contribution < -0.4 is 0 Å². The van der Waals surface area contributed by atoms with Crippen LogP contribution in [-0.2, 0) is 0 Å². The molecule has 3 aromatic heterocycles. The molecule has 0 saturated heterocycles. The maximum Gasteiger partial charge on any atom is 0.167 e. The van der Waals surface area contributed by atoms with E-state index in [0.717, 1.165) is 49.4 Å². The molecule has 0 bridgehead atoms. The van der Waals surface area contributed by atoms with Gasteiger partial charge in [0.1, 0.15) is 22.3 Å². The largest absolute Gasteiger partial charge is 0.455 e. The number of para-hydroxylation sites is 3. The lowest BCUT2D eigenvalue weighted by Gasteiger charge is -2.10. The summed E-state index contributed by atoms with van der Waals surface area (Å²) in [7, 11) is 0. The summed E-state index contributed by atoms with van der Waals surface area (Å²) in [5.74, 6) is 1.20. The van der Waals surface area contributed by atoms with Gasteiger partial charge in [0.2, 0.25) is 0 Å². The molecule has 0 saturated carbocycles. The summed E-state index contributed by atoms with van der Waals surface area (Å²) in [5.41, 5.74) is 7.53. The van der Waals surface area contributed by atoms with Crippen LogP contribution in [0.2, 0.25) is 0 Å². The molecule has 3 heterocycles. The molecule has 5 heteroatoms. The molecule has 0 atom stereocenters. The zero-order chi connectivity index (χ0) is 37.4. The minimum Gasteiger partial charge on any atom is -0.455 e. The topological polar surface area (TPSA) is 65.0 Å². The molecule has 0 radical (unpaired) electrons. The molecular weight excluding hydrogens is 615 g/mol. The van der Waals surface area contributed by atoms with Crippen molar-refractivity contribution < 1.29 is 15.7 Å². The molecular formula is C45H27N3O2. The Hall–Kier alpha value is -6.85. The number of hydrogen-bond acceptors (Lipinski definition) is 5. The van der Waals surface area contributed by atoms with Crippen molar-refractivity contribution in [2.24, 2.45) is 0 Å². The van der Waals surface area contributed by atoms with E-state index in [-0.39, 0.29) is 17.6 Å². The average molecular weight is 647 g/mol. The summed E-state index contributed by atoms with van der Waals surface area (Å²) in [5, 5.41) is 3.98. The summed E-state index contributed by atoms with van der Waals surface area (Å²) in [6.07, 6.45) is 0. The van der Waals surface area contributed by atoms with E-state index in [1.807, 2.05) is 84.9 Å². The fourth-order valence-electron chi connectivity index (χ4n) is 6.67. The lowest BCUT2D eigenvalue weighted by Crippen LogP contribution is -2.00. The highest BCUT2D eigenvalue weighted by Crippen LogP contribution is 2.40. The van der Waals surface area contributed by atoms with E-state index >= 15 is 0 Å². The molecule has 5 nitrogen and oxygen atoms in total. The van der Waals surface area contributed by atoms with Gasteiger partial charge in [0.25, 0.3) is 0 Å². The zero-order valence-electron chi connectivity index (χ0n) is 31.4. The number of furan rings is 2. The van der Waals surface area contributed by atoms with Crippen LogP contribution in [0.25, 0.3) is 100 Å². The highest BCUT2D eigenvalue weighted by molar-refractivity contribution is 6.12. The molecule has 50 heavy (non-hydrogen) atoms. The summed E-state index contributed by atoms with van der Waals surface area (Å²) in [6, 6.07) is 41.2. The highest BCUT2D eigenvalue weighted by atomic mass is 16.3. The first-order valence-corrected chi connectivity index (χ1v) is 16.2. The third-order valence-electron chi connectivity index (χ3n) is 9.03. The second-order valence-corrected chi connectivity index (χ2v) is 12.0. The van der Waals surface area contributed by atoms with Crippen LogP contribution in [-0.4, -0.2) is 15.0 Å². The van der Waals surface area contributed by atoms with E-state index < -0.39 is 18.1 Å². The molecule has 0 fully saturated rings. The van der Waals surface area contributed by atoms with Crippen molar-refractivity contribution in [1.29, 1.82) is 0 Å². The van der Waals surface area contributed by atoms with Gasteiger partial charge in [-0.05, 0) is 47.0 Å². The van der Waals surface area contributed by atoms with Crippen LogP contribution in [0.5, 0.6) is 0 Å². The third-order valence-corrected chi connectivity index (χ3v) is 9.03. The Morgan fingerprint density at radius 3 is 1.82 bits per heavy atom. The quantitative estimate of drug-likeness (QED) is 0.186. The predicted octanol–water partition coefficient (Wildman–Crippen LogP) is 12.0. The second kappa shape index (κ2) is 11.4. The Morgan fingerprint density at radius 2 is 0.980 bits per heavy atom. The van der Waals surface area contributed by atoms with Crippen molar-refractivity contribution in [2.45, 2.75) is 0 Å². The van der Waals surface area contributed by atoms with Crippen molar-refractivity contribution in [3.8, 4) is 56.4 Å². The molecule has 10 aromatic rings. The molecule has 0 amide bonds. The second-order valence-electron chi connectivity index (χ2n) is 12.0. The fraction of sp³-hybridized carbons (Fsp3) is 0. The Bertz CT molecular complexity index is 3150. The van der Waals surface area contributed by atoms with Gasteiger partial charge in [-0.1, -0.05) is 133 Å². The Kier molecular flexibility index (Phi) is 5.35. The smallest absolute Gasteiger partial charge is 0.167 e. The lowest BCUT2D eigenvalue weighted by molar-refractivity contribution is 0.668. The van der Waals surface area contributed by atoms with Crippen LogP contribution in [0.3, 0.4) is 0 Å². The molecule has 0 spiro atoms. The molecule has 10 rings (SSSR count). The Morgan fingerprint density at radius 1 is 0.380 bits per heavy atom. The number of rotatable bonds is 5. The van der Waals surface area contributed by atoms with Crippen molar-refractivity contribution in [3.63, 3.8) is 0 Å². The van der Waals surface area contributed by atoms with Crippen LogP contribution in [0.4, 0.5) is 0 Å². The summed E-state index contributed by atoms with van der Waals surface area (Å²) >= 11 is 0. The van der Waals surface area contributed by atoms with Crippen molar-refractivity contribution >= 4 is 43.9 Å². The number of aromatic nitrogens is 3. The third kappa shape index (κ3) is 4.67. The minimum absolute atomic E-state index is 0.105. The van der Waals surface area contributed by atoms with Gasteiger partial charge in [-0.25, -0.2) is 15.0 Å². The Labute approximate surface area is 294 Å². The zero-order valence-corrected chi connectivity index (χ0v) is 26.4. The molecule has 0 N–H and O–H groups in total. The summed E-state index contributed by atoms with van der Waals surface area (Å²) in [4.78, 5) is 14.8. The number of fused-ring (bicyclic) bond motifs is 6. The molecule has 0 aliphatic heterocycles. The standard InChI is InChI=1S/C45H27N3O2/c1-3-12-28(13-4-1)30-16-9-17-32(26-30)44-46-43(29-14-5-2-6-15-29)47-45(48-44)38-22-11-21-37-35-25-24-31(27-40(35)50-42(37)38)33-19-10-20-36-34-18-7-8-23-39(34)49-41(33)36/h1-27H/i1D,3D,4D,12D,13D. The number of benzene rings is 7. The van der Waals surface area contributed by atoms with E-state index in [0.29, 0.717) is 45.3 Å². The van der Waals surface area contributed by atoms with E-state index in [1.54, 1.807) is 18.2 Å². The van der Waals surface area contributed by atoms with Gasteiger partial charge in [0, 0.05) is 38.2 Å². The van der Waals surface area contributed by atoms with Crippen molar-refractivity contribution in [2.75, 3.05) is 0 Å². The van der Waals surface area contributed by atoms with E-state index in [1.165, 1.54) is 0 Å². The van der Waals surface area contributed by atoms with Crippen LogP contribution in [0, 0.1) is 0 Å². The van der Waals surface area contributed by atoms with Gasteiger partial charge in [0.05, 0.1) is 12.4 Å². The van der Waals surface area contributed by atoms with Crippen molar-refractivity contribution in [3.05, 3.63) is 164 Å². The summed E-state index contributed by atoms with van der Waals surface area (Å²) < 4.78 is 54.6. The Balaban J connectivity index is 1.13. The van der Waals surface area contributed by atoms with Crippen LogP contribution in [0.15, 0.2) is 173 Å². The van der Waals surface area contributed by atoms with Gasteiger partial charge in [-0.3, -0.25) is 0 Å². The maximum atomic E-state index is 8.56.